The van der Waals surface area contributed by atoms with E-state index in [0.717, 1.165) is 16.8 Å². The number of carbonyl (C=O) groups is 2. The molecule has 0 unspecified atom stereocenters. The quantitative estimate of drug-likeness (QED) is 0.108. The van der Waals surface area contributed by atoms with Crippen molar-refractivity contribution in [2.75, 3.05) is 99.5 Å². The van der Waals surface area contributed by atoms with Gasteiger partial charge in [0.05, 0.1) is 104 Å². The number of nitrogens with one attached hydrogen (secondary N) is 2. The number of benzene rings is 2. The van der Waals surface area contributed by atoms with E-state index in [4.69, 9.17) is 54.9 Å². The minimum atomic E-state index is -1.07. The Balaban J connectivity index is 1.08. The van der Waals surface area contributed by atoms with E-state index in [1.165, 1.54) is 0 Å². The van der Waals surface area contributed by atoms with Crippen molar-refractivity contribution in [2.45, 2.75) is 19.4 Å². The minimum absolute atomic E-state index is 0.0643. The Morgan fingerprint density at radius 2 is 1.31 bits per heavy atom. The Labute approximate surface area is 307 Å². The minimum Gasteiger partial charge on any atom is -0.497 e. The summed E-state index contributed by atoms with van der Waals surface area (Å²) in [5.74, 6) is 1.74. The van der Waals surface area contributed by atoms with Gasteiger partial charge in [-0.05, 0) is 37.3 Å². The molecule has 2 aromatic carbocycles. The smallest absolute Gasteiger partial charge is 0.404 e. The largest absolute Gasteiger partial charge is 0.497 e. The van der Waals surface area contributed by atoms with Gasteiger partial charge in [0.25, 0.3) is 0 Å². The van der Waals surface area contributed by atoms with Gasteiger partial charge in [0.2, 0.25) is 5.91 Å². The van der Waals surface area contributed by atoms with Crippen LogP contribution in [0.5, 0.6) is 5.75 Å². The highest BCUT2D eigenvalue weighted by atomic mass is 35.5. The molecular weight excluding hydrogens is 700 g/mol. The van der Waals surface area contributed by atoms with Gasteiger partial charge >= 0.3 is 6.09 Å². The third-order valence-electron chi connectivity index (χ3n) is 7.58. The zero-order chi connectivity index (χ0) is 37.0. The standard InChI is InChI=1S/C35H47ClN6O10/c1-25-40-41-34-30(39-33(26-3-5-27(36)6-4-26)29-23-28(46-2)7-8-31(29)42(25)34)24-32(43)37-9-11-47-13-15-49-17-19-51-21-22-52-20-18-50-16-14-48-12-10-38-35(44)45/h3-8,23,30,38H,9-22,24H2,1-2H3,(H,37,43)(H,44,45)/t30-/m0/s1. The van der Waals surface area contributed by atoms with E-state index in [-0.39, 0.29) is 18.9 Å². The SMILES string of the molecule is COc1ccc2c(c1)C(c1ccc(Cl)cc1)=N[C@@H](CC(=O)NCCOCCOCCOCCOCCOCCOCCNC(=O)O)c1nnc(C)n1-2. The van der Waals surface area contributed by atoms with Crippen LogP contribution in [0.1, 0.15) is 35.2 Å². The third kappa shape index (κ3) is 13.4. The molecule has 52 heavy (non-hydrogen) atoms. The van der Waals surface area contributed by atoms with Crippen LogP contribution in [0.25, 0.3) is 5.69 Å². The molecule has 1 aliphatic rings. The first-order chi connectivity index (χ1) is 25.4. The average molecular weight is 747 g/mol. The predicted octanol–water partition coefficient (Wildman–Crippen LogP) is 3.00. The summed E-state index contributed by atoms with van der Waals surface area (Å²) in [6.07, 6.45) is -1.01. The van der Waals surface area contributed by atoms with Gasteiger partial charge in [0, 0.05) is 29.2 Å². The van der Waals surface area contributed by atoms with Crippen LogP contribution in [-0.4, -0.2) is 137 Å². The van der Waals surface area contributed by atoms with Gasteiger partial charge < -0.3 is 48.9 Å². The van der Waals surface area contributed by atoms with Crippen molar-refractivity contribution < 1.29 is 47.9 Å². The lowest BCUT2D eigenvalue weighted by Crippen LogP contribution is -2.29. The van der Waals surface area contributed by atoms with Gasteiger partial charge in [-0.15, -0.1) is 10.2 Å². The number of aromatic nitrogens is 3. The van der Waals surface area contributed by atoms with E-state index >= 15 is 0 Å². The lowest BCUT2D eigenvalue weighted by molar-refractivity contribution is -0.121. The number of amides is 2. The number of methoxy groups -OCH3 is 1. The van der Waals surface area contributed by atoms with Crippen molar-refractivity contribution in [3.05, 3.63) is 70.3 Å². The van der Waals surface area contributed by atoms with Crippen LogP contribution in [0.2, 0.25) is 5.02 Å². The highest BCUT2D eigenvalue weighted by molar-refractivity contribution is 6.30. The van der Waals surface area contributed by atoms with Gasteiger partial charge in [-0.1, -0.05) is 23.7 Å². The summed E-state index contributed by atoms with van der Waals surface area (Å²) in [6.45, 7) is 7.23. The van der Waals surface area contributed by atoms with E-state index in [9.17, 15) is 9.59 Å². The second-order valence-electron chi connectivity index (χ2n) is 11.3. The molecule has 0 radical (unpaired) electrons. The molecule has 2 amide bonds. The Kier molecular flexibility index (Phi) is 17.7. The van der Waals surface area contributed by atoms with Crippen LogP contribution in [0.15, 0.2) is 47.5 Å². The number of halogens is 1. The van der Waals surface area contributed by atoms with Gasteiger partial charge in [-0.2, -0.15) is 0 Å². The molecule has 284 valence electrons. The number of carbonyl (C=O) groups excluding carboxylic acids is 1. The summed E-state index contributed by atoms with van der Waals surface area (Å²) in [4.78, 5) is 28.5. The second-order valence-corrected chi connectivity index (χ2v) is 11.7. The molecule has 1 aromatic heterocycles. The number of ether oxygens (including phenoxy) is 7. The lowest BCUT2D eigenvalue weighted by atomic mass is 10.00. The maximum atomic E-state index is 13.1. The molecule has 0 saturated heterocycles. The first kappa shape index (κ1) is 40.6. The normalized spacial score (nSPS) is 13.5. The van der Waals surface area contributed by atoms with Gasteiger partial charge in [0.1, 0.15) is 17.6 Å². The van der Waals surface area contributed by atoms with Gasteiger partial charge in [-0.3, -0.25) is 14.4 Å². The maximum Gasteiger partial charge on any atom is 0.404 e. The molecule has 0 bridgehead atoms. The van der Waals surface area contributed by atoms with Gasteiger partial charge in [-0.25, -0.2) is 4.79 Å². The van der Waals surface area contributed by atoms with E-state index in [1.807, 2.05) is 54.0 Å². The van der Waals surface area contributed by atoms with Crippen molar-refractivity contribution in [2.24, 2.45) is 4.99 Å². The number of fused-ring (bicyclic) bond motifs is 3. The average Bonchev–Trinajstić information content (AvgIpc) is 3.46. The van der Waals surface area contributed by atoms with Crippen molar-refractivity contribution in [3.63, 3.8) is 0 Å². The first-order valence-electron chi connectivity index (χ1n) is 17.0. The molecule has 17 heteroatoms. The fraction of sp³-hybridized carbons (Fsp3) is 0.514. The second kappa shape index (κ2) is 22.7. The molecule has 0 aliphatic carbocycles. The topological polar surface area (TPSA) is 186 Å². The fourth-order valence-electron chi connectivity index (χ4n) is 5.12. The Hall–Kier alpha value is -4.16. The van der Waals surface area contributed by atoms with Crippen LogP contribution in [0.4, 0.5) is 4.79 Å². The highest BCUT2D eigenvalue weighted by Crippen LogP contribution is 2.34. The summed E-state index contributed by atoms with van der Waals surface area (Å²) in [7, 11) is 1.61. The first-order valence-corrected chi connectivity index (χ1v) is 17.4. The monoisotopic (exact) mass is 746 g/mol. The number of rotatable bonds is 25. The van der Waals surface area contributed by atoms with E-state index < -0.39 is 12.1 Å². The number of carboxylic acid groups (broad SMARTS) is 1. The molecule has 2 heterocycles. The molecule has 1 atom stereocenters. The molecule has 4 rings (SSSR count). The van der Waals surface area contributed by atoms with E-state index in [2.05, 4.69) is 20.8 Å². The van der Waals surface area contributed by atoms with Crippen LogP contribution < -0.4 is 15.4 Å². The van der Waals surface area contributed by atoms with E-state index in [1.54, 1.807) is 7.11 Å². The molecule has 0 saturated carbocycles. The fourth-order valence-corrected chi connectivity index (χ4v) is 5.24. The number of nitrogens with zero attached hydrogens (tertiary/aromatic N) is 4. The highest BCUT2D eigenvalue weighted by Gasteiger charge is 2.30. The van der Waals surface area contributed by atoms with Crippen LogP contribution in [0.3, 0.4) is 0 Å². The summed E-state index contributed by atoms with van der Waals surface area (Å²) >= 11 is 6.19. The van der Waals surface area contributed by atoms with Crippen LogP contribution in [0, 0.1) is 6.92 Å². The zero-order valence-corrected chi connectivity index (χ0v) is 30.3. The van der Waals surface area contributed by atoms with Gasteiger partial charge in [0.15, 0.2) is 5.82 Å². The number of aryl methyl sites for hydroxylation is 1. The molecular formula is C35H47ClN6O10. The number of aliphatic imine (C=N–C) groups is 1. The number of hydrogen-bond donors (Lipinski definition) is 3. The Morgan fingerprint density at radius 3 is 1.85 bits per heavy atom. The molecule has 0 spiro atoms. The summed E-state index contributed by atoms with van der Waals surface area (Å²) < 4.78 is 40.1. The van der Waals surface area contributed by atoms with Crippen molar-refractivity contribution in [3.8, 4) is 11.4 Å². The van der Waals surface area contributed by atoms with Crippen molar-refractivity contribution in [1.29, 1.82) is 0 Å². The summed E-state index contributed by atoms with van der Waals surface area (Å²) in [5, 5.41) is 22.9. The molecule has 0 fully saturated rings. The zero-order valence-electron chi connectivity index (χ0n) is 29.5. The molecule has 3 N–H and O–H groups in total. The maximum absolute atomic E-state index is 13.1. The molecule has 1 aliphatic heterocycles. The van der Waals surface area contributed by atoms with Crippen molar-refractivity contribution >= 4 is 29.3 Å². The Bertz CT molecular complexity index is 1570. The van der Waals surface area contributed by atoms with Crippen molar-refractivity contribution in [1.82, 2.24) is 25.4 Å². The Morgan fingerprint density at radius 1 is 0.769 bits per heavy atom. The molecule has 16 nitrogen and oxygen atoms in total. The molecule has 3 aromatic rings. The summed E-state index contributed by atoms with van der Waals surface area (Å²) in [6, 6.07) is 12.6. The number of hydrogen-bond acceptors (Lipinski definition) is 12. The lowest BCUT2D eigenvalue weighted by Gasteiger charge is -2.14. The third-order valence-corrected chi connectivity index (χ3v) is 7.83. The van der Waals surface area contributed by atoms with Crippen LogP contribution in [-0.2, 0) is 33.2 Å². The van der Waals surface area contributed by atoms with Crippen LogP contribution >= 0.6 is 11.6 Å². The summed E-state index contributed by atoms with van der Waals surface area (Å²) in [5.41, 5.74) is 3.21. The predicted molar refractivity (Wildman–Crippen MR) is 191 cm³/mol. The van der Waals surface area contributed by atoms with E-state index in [0.29, 0.717) is 114 Å².